The maximum absolute atomic E-state index is 12.0. The SMILES string of the molecule is O=S(=O)(OCCCOc1ccc2ccccc2c1)C(F)(F)F. The molecule has 0 spiro atoms. The summed E-state index contributed by atoms with van der Waals surface area (Å²) >= 11 is 0. The van der Waals surface area contributed by atoms with Crippen LogP contribution in [0.1, 0.15) is 6.42 Å². The van der Waals surface area contributed by atoms with Gasteiger partial charge in [-0.1, -0.05) is 30.3 Å². The fourth-order valence-electron chi connectivity index (χ4n) is 1.74. The Bertz CT molecular complexity index is 741. The van der Waals surface area contributed by atoms with E-state index in [1.54, 1.807) is 12.1 Å². The number of hydrogen-bond donors (Lipinski definition) is 0. The van der Waals surface area contributed by atoms with Crippen molar-refractivity contribution in [2.45, 2.75) is 11.9 Å². The van der Waals surface area contributed by atoms with Crippen LogP contribution in [-0.2, 0) is 14.3 Å². The molecule has 0 aliphatic heterocycles. The van der Waals surface area contributed by atoms with E-state index in [9.17, 15) is 21.6 Å². The lowest BCUT2D eigenvalue weighted by Crippen LogP contribution is -2.26. The summed E-state index contributed by atoms with van der Waals surface area (Å²) in [7, 11) is -5.53. The molecular weight excluding hydrogens is 321 g/mol. The van der Waals surface area contributed by atoms with Crippen molar-refractivity contribution in [1.82, 2.24) is 0 Å². The zero-order valence-corrected chi connectivity index (χ0v) is 12.2. The van der Waals surface area contributed by atoms with Crippen LogP contribution in [-0.4, -0.2) is 27.1 Å². The second-order valence-electron chi connectivity index (χ2n) is 4.43. The lowest BCUT2D eigenvalue weighted by molar-refractivity contribution is -0.0544. The van der Waals surface area contributed by atoms with Crippen LogP contribution >= 0.6 is 0 Å². The van der Waals surface area contributed by atoms with Gasteiger partial charge in [0.25, 0.3) is 0 Å². The average molecular weight is 334 g/mol. The van der Waals surface area contributed by atoms with E-state index in [0.717, 1.165) is 10.8 Å². The van der Waals surface area contributed by atoms with E-state index < -0.39 is 22.2 Å². The van der Waals surface area contributed by atoms with Gasteiger partial charge in [0.2, 0.25) is 0 Å². The molecule has 2 aromatic carbocycles. The standard InChI is InChI=1S/C14H13F3O4S/c15-14(16,17)22(18,19)21-9-3-8-20-13-7-6-11-4-1-2-5-12(11)10-13/h1-2,4-7,10H,3,8-9H2. The fourth-order valence-corrected chi connectivity index (χ4v) is 2.21. The first-order valence-corrected chi connectivity index (χ1v) is 7.78. The molecule has 2 aromatic rings. The van der Waals surface area contributed by atoms with Gasteiger partial charge in [-0.2, -0.15) is 21.6 Å². The molecule has 8 heteroatoms. The number of hydrogen-bond acceptors (Lipinski definition) is 4. The Morgan fingerprint density at radius 3 is 2.32 bits per heavy atom. The number of rotatable bonds is 6. The minimum atomic E-state index is -5.53. The zero-order chi connectivity index (χ0) is 16.2. The van der Waals surface area contributed by atoms with Crippen LogP contribution in [0.2, 0.25) is 0 Å². The van der Waals surface area contributed by atoms with Crippen LogP contribution in [0.3, 0.4) is 0 Å². The van der Waals surface area contributed by atoms with Crippen LogP contribution in [0.15, 0.2) is 42.5 Å². The molecule has 0 amide bonds. The summed E-state index contributed by atoms with van der Waals surface area (Å²) in [6.45, 7) is -0.541. The van der Waals surface area contributed by atoms with Crippen molar-refractivity contribution < 1.29 is 30.5 Å². The maximum Gasteiger partial charge on any atom is 0.523 e. The van der Waals surface area contributed by atoms with Gasteiger partial charge in [-0.15, -0.1) is 0 Å². The van der Waals surface area contributed by atoms with Crippen molar-refractivity contribution in [3.8, 4) is 5.75 Å². The molecular formula is C14H13F3O4S. The number of benzene rings is 2. The maximum atomic E-state index is 12.0. The van der Waals surface area contributed by atoms with Crippen molar-refractivity contribution in [2.75, 3.05) is 13.2 Å². The monoisotopic (exact) mass is 334 g/mol. The molecule has 0 unspecified atom stereocenters. The molecule has 0 aromatic heterocycles. The minimum absolute atomic E-state index is 0.0160. The normalized spacial score (nSPS) is 12.5. The molecule has 22 heavy (non-hydrogen) atoms. The van der Waals surface area contributed by atoms with E-state index in [1.807, 2.05) is 30.3 Å². The van der Waals surface area contributed by atoms with E-state index in [4.69, 9.17) is 4.74 Å². The molecule has 0 fully saturated rings. The molecule has 0 atom stereocenters. The summed E-state index contributed by atoms with van der Waals surface area (Å²) in [6, 6.07) is 13.0. The highest BCUT2D eigenvalue weighted by Gasteiger charge is 2.47. The minimum Gasteiger partial charge on any atom is -0.493 e. The van der Waals surface area contributed by atoms with E-state index >= 15 is 0 Å². The summed E-state index contributed by atoms with van der Waals surface area (Å²) in [5.74, 6) is 0.553. The Labute approximate surface area is 125 Å². The highest BCUT2D eigenvalue weighted by atomic mass is 32.2. The number of ether oxygens (including phenoxy) is 1. The lowest BCUT2D eigenvalue weighted by atomic mass is 10.1. The smallest absolute Gasteiger partial charge is 0.493 e. The topological polar surface area (TPSA) is 52.6 Å². The van der Waals surface area contributed by atoms with Crippen LogP contribution in [0.5, 0.6) is 5.75 Å². The first kappa shape index (κ1) is 16.6. The third-order valence-electron chi connectivity index (χ3n) is 2.80. The Kier molecular flexibility index (Phi) is 4.92. The molecule has 0 radical (unpaired) electrons. The molecule has 0 aliphatic rings. The molecule has 4 nitrogen and oxygen atoms in total. The van der Waals surface area contributed by atoms with Gasteiger partial charge in [0.15, 0.2) is 0 Å². The Hall–Kier alpha value is -1.80. The molecule has 0 heterocycles. The predicted octanol–water partition coefficient (Wildman–Crippen LogP) is 3.47. The molecule has 0 aliphatic carbocycles. The number of fused-ring (bicyclic) bond motifs is 1. The first-order valence-electron chi connectivity index (χ1n) is 6.37. The summed E-state index contributed by atoms with van der Waals surface area (Å²) in [6.07, 6.45) is 0.0160. The molecule has 0 saturated heterocycles. The second-order valence-corrected chi connectivity index (χ2v) is 6.04. The van der Waals surface area contributed by atoms with Gasteiger partial charge in [0, 0.05) is 6.42 Å². The molecule has 2 rings (SSSR count). The first-order chi connectivity index (χ1) is 10.3. The van der Waals surface area contributed by atoms with Crippen LogP contribution < -0.4 is 4.74 Å². The molecule has 0 saturated carbocycles. The van der Waals surface area contributed by atoms with Gasteiger partial charge < -0.3 is 4.74 Å². The third-order valence-corrected chi connectivity index (χ3v) is 3.84. The highest BCUT2D eigenvalue weighted by molar-refractivity contribution is 7.87. The van der Waals surface area contributed by atoms with Gasteiger partial charge in [0.05, 0.1) is 13.2 Å². The summed E-state index contributed by atoms with van der Waals surface area (Å²) in [5.41, 5.74) is -5.40. The fraction of sp³-hybridized carbons (Fsp3) is 0.286. The summed E-state index contributed by atoms with van der Waals surface area (Å²) < 4.78 is 66.6. The third kappa shape index (κ3) is 4.11. The molecule has 0 bridgehead atoms. The zero-order valence-electron chi connectivity index (χ0n) is 11.3. The van der Waals surface area contributed by atoms with Crippen molar-refractivity contribution in [3.63, 3.8) is 0 Å². The Balaban J connectivity index is 1.81. The largest absolute Gasteiger partial charge is 0.523 e. The Morgan fingerprint density at radius 1 is 0.955 bits per heavy atom. The van der Waals surface area contributed by atoms with Gasteiger partial charge >= 0.3 is 15.6 Å². The van der Waals surface area contributed by atoms with E-state index in [0.29, 0.717) is 5.75 Å². The number of halogens is 3. The number of alkyl halides is 3. The van der Waals surface area contributed by atoms with E-state index in [-0.39, 0.29) is 13.0 Å². The molecule has 0 N–H and O–H groups in total. The van der Waals surface area contributed by atoms with Crippen LogP contribution in [0.4, 0.5) is 13.2 Å². The van der Waals surface area contributed by atoms with Crippen LogP contribution in [0.25, 0.3) is 10.8 Å². The van der Waals surface area contributed by atoms with Crippen molar-refractivity contribution in [3.05, 3.63) is 42.5 Å². The summed E-state index contributed by atoms with van der Waals surface area (Å²) in [5, 5.41) is 2.00. The van der Waals surface area contributed by atoms with Crippen molar-refractivity contribution in [2.24, 2.45) is 0 Å². The van der Waals surface area contributed by atoms with E-state index in [1.165, 1.54) is 0 Å². The second kappa shape index (κ2) is 6.53. The van der Waals surface area contributed by atoms with Crippen molar-refractivity contribution >= 4 is 20.9 Å². The average Bonchev–Trinajstić information content (AvgIpc) is 2.45. The van der Waals surface area contributed by atoms with Gasteiger partial charge in [0.1, 0.15) is 5.75 Å². The van der Waals surface area contributed by atoms with Gasteiger partial charge in [-0.05, 0) is 22.9 Å². The highest BCUT2D eigenvalue weighted by Crippen LogP contribution is 2.24. The van der Waals surface area contributed by atoms with Crippen molar-refractivity contribution in [1.29, 1.82) is 0 Å². The summed E-state index contributed by atoms with van der Waals surface area (Å²) in [4.78, 5) is 0. The van der Waals surface area contributed by atoms with E-state index in [2.05, 4.69) is 4.18 Å². The van der Waals surface area contributed by atoms with Gasteiger partial charge in [-0.3, -0.25) is 4.18 Å². The van der Waals surface area contributed by atoms with Gasteiger partial charge in [-0.25, -0.2) is 0 Å². The Morgan fingerprint density at radius 2 is 1.64 bits per heavy atom. The molecule has 120 valence electrons. The quantitative estimate of drug-likeness (QED) is 0.461. The predicted molar refractivity (Wildman–Crippen MR) is 75.0 cm³/mol. The lowest BCUT2D eigenvalue weighted by Gasteiger charge is -2.09. The van der Waals surface area contributed by atoms with Crippen LogP contribution in [0, 0.1) is 0 Å².